The fourth-order valence-corrected chi connectivity index (χ4v) is 3.17. The molecule has 5 aromatic rings. The van der Waals surface area contributed by atoms with E-state index in [9.17, 15) is 4.79 Å². The summed E-state index contributed by atoms with van der Waals surface area (Å²) >= 11 is 0. The number of aryl methyl sites for hydroxylation is 2. The van der Waals surface area contributed by atoms with Crippen LogP contribution in [-0.2, 0) is 7.05 Å². The Balaban J connectivity index is 1.43. The van der Waals surface area contributed by atoms with Crippen LogP contribution in [0.5, 0.6) is 0 Å². The number of rotatable bonds is 4. The number of nitrogens with zero attached hydrogens (tertiary/aromatic N) is 4. The van der Waals surface area contributed by atoms with Gasteiger partial charge in [-0.05, 0) is 43.3 Å². The lowest BCUT2D eigenvalue weighted by Crippen LogP contribution is -2.03. The van der Waals surface area contributed by atoms with Crippen LogP contribution in [0.4, 0.5) is 23.1 Å². The van der Waals surface area contributed by atoms with Gasteiger partial charge in [-0.1, -0.05) is 0 Å². The molecule has 3 heterocycles. The smallest absolute Gasteiger partial charge is 0.408 e. The van der Waals surface area contributed by atoms with E-state index in [0.29, 0.717) is 22.9 Å². The average Bonchev–Trinajstić information content (AvgIpc) is 3.25. The highest BCUT2D eigenvalue weighted by atomic mass is 16.4. The standard InChI is InChI=1S/C20H17N7O2/c1-11-9-21-19(24-13-3-5-16-12(7-13)10-22-27(16)2)26-18(11)23-14-4-6-17-15(8-14)25-20(28)29-17/h3-10H,1-2H3,(H,25,28)(H2,21,23,24,26). The zero-order valence-electron chi connectivity index (χ0n) is 15.7. The van der Waals surface area contributed by atoms with E-state index < -0.39 is 5.76 Å². The van der Waals surface area contributed by atoms with Gasteiger partial charge in [-0.3, -0.25) is 9.67 Å². The SMILES string of the molecule is Cc1cnc(Nc2ccc3c(cnn3C)c2)nc1Nc1ccc2oc(=O)[nH]c2c1. The number of aromatic amines is 1. The van der Waals surface area contributed by atoms with E-state index in [1.165, 1.54) is 0 Å². The lowest BCUT2D eigenvalue weighted by molar-refractivity contribution is 0.555. The second-order valence-corrected chi connectivity index (χ2v) is 6.74. The molecule has 3 aromatic heterocycles. The predicted octanol–water partition coefficient (Wildman–Crippen LogP) is 3.59. The summed E-state index contributed by atoms with van der Waals surface area (Å²) in [6.07, 6.45) is 3.57. The van der Waals surface area contributed by atoms with Crippen LogP contribution in [-0.4, -0.2) is 24.7 Å². The van der Waals surface area contributed by atoms with E-state index in [-0.39, 0.29) is 0 Å². The summed E-state index contributed by atoms with van der Waals surface area (Å²) in [5.74, 6) is 0.654. The van der Waals surface area contributed by atoms with Crippen LogP contribution in [0.15, 0.2) is 58.0 Å². The Kier molecular flexibility index (Phi) is 3.80. The number of fused-ring (bicyclic) bond motifs is 2. The molecule has 3 N–H and O–H groups in total. The minimum atomic E-state index is -0.479. The molecule has 2 aromatic carbocycles. The second kappa shape index (κ2) is 6.48. The Morgan fingerprint density at radius 1 is 1.07 bits per heavy atom. The van der Waals surface area contributed by atoms with Crippen molar-refractivity contribution in [1.29, 1.82) is 0 Å². The van der Waals surface area contributed by atoms with Crippen molar-refractivity contribution < 1.29 is 4.42 Å². The number of oxazole rings is 1. The van der Waals surface area contributed by atoms with Crippen LogP contribution in [0.3, 0.4) is 0 Å². The molecule has 9 heteroatoms. The van der Waals surface area contributed by atoms with Crippen molar-refractivity contribution >= 4 is 45.1 Å². The van der Waals surface area contributed by atoms with Gasteiger partial charge in [0.15, 0.2) is 5.58 Å². The highest BCUT2D eigenvalue weighted by Gasteiger charge is 2.08. The van der Waals surface area contributed by atoms with E-state index in [4.69, 9.17) is 4.42 Å². The van der Waals surface area contributed by atoms with Crippen LogP contribution in [0.25, 0.3) is 22.0 Å². The fourth-order valence-electron chi connectivity index (χ4n) is 3.17. The number of aromatic nitrogens is 5. The summed E-state index contributed by atoms with van der Waals surface area (Å²) in [6.45, 7) is 1.92. The van der Waals surface area contributed by atoms with E-state index >= 15 is 0 Å². The highest BCUT2D eigenvalue weighted by Crippen LogP contribution is 2.24. The Bertz CT molecular complexity index is 1410. The van der Waals surface area contributed by atoms with E-state index in [1.807, 2.05) is 49.1 Å². The number of benzene rings is 2. The molecule has 0 fully saturated rings. The molecule has 0 bridgehead atoms. The van der Waals surface area contributed by atoms with E-state index in [2.05, 4.69) is 30.7 Å². The molecular weight excluding hydrogens is 370 g/mol. The van der Waals surface area contributed by atoms with Crippen LogP contribution >= 0.6 is 0 Å². The van der Waals surface area contributed by atoms with Gasteiger partial charge in [-0.25, -0.2) is 9.78 Å². The number of hydrogen-bond donors (Lipinski definition) is 3. The predicted molar refractivity (Wildman–Crippen MR) is 111 cm³/mol. The lowest BCUT2D eigenvalue weighted by atomic mass is 10.2. The third-order valence-corrected chi connectivity index (χ3v) is 4.66. The quantitative estimate of drug-likeness (QED) is 0.432. The van der Waals surface area contributed by atoms with Gasteiger partial charge in [0.2, 0.25) is 5.95 Å². The van der Waals surface area contributed by atoms with Gasteiger partial charge in [0.25, 0.3) is 0 Å². The summed E-state index contributed by atoms with van der Waals surface area (Å²) in [5.41, 5.74) is 4.72. The first-order chi connectivity index (χ1) is 14.0. The van der Waals surface area contributed by atoms with Crippen LogP contribution in [0.2, 0.25) is 0 Å². The molecule has 29 heavy (non-hydrogen) atoms. The van der Waals surface area contributed by atoms with E-state index in [1.54, 1.807) is 18.3 Å². The van der Waals surface area contributed by atoms with Crippen molar-refractivity contribution in [2.75, 3.05) is 10.6 Å². The van der Waals surface area contributed by atoms with Crippen molar-refractivity contribution in [2.24, 2.45) is 7.05 Å². The van der Waals surface area contributed by atoms with Gasteiger partial charge >= 0.3 is 5.76 Å². The first-order valence-electron chi connectivity index (χ1n) is 8.97. The first kappa shape index (κ1) is 17.0. The molecule has 0 spiro atoms. The third kappa shape index (κ3) is 3.18. The fraction of sp³-hybridized carbons (Fsp3) is 0.100. The summed E-state index contributed by atoms with van der Waals surface area (Å²) in [7, 11) is 1.91. The largest absolute Gasteiger partial charge is 0.417 e. The molecule has 0 saturated carbocycles. The Morgan fingerprint density at radius 3 is 2.79 bits per heavy atom. The number of H-pyrrole nitrogens is 1. The number of anilines is 4. The molecule has 144 valence electrons. The summed E-state index contributed by atoms with van der Waals surface area (Å²) in [6, 6.07) is 11.3. The molecule has 5 rings (SSSR count). The minimum absolute atomic E-state index is 0.471. The van der Waals surface area contributed by atoms with Crippen LogP contribution in [0, 0.1) is 6.92 Å². The molecule has 0 atom stereocenters. The van der Waals surface area contributed by atoms with Crippen LogP contribution in [0.1, 0.15) is 5.56 Å². The summed E-state index contributed by atoms with van der Waals surface area (Å²) in [4.78, 5) is 22.9. The van der Waals surface area contributed by atoms with Crippen LogP contribution < -0.4 is 16.4 Å². The topological polar surface area (TPSA) is 114 Å². The minimum Gasteiger partial charge on any atom is -0.408 e. The van der Waals surface area contributed by atoms with Gasteiger partial charge in [-0.15, -0.1) is 0 Å². The zero-order valence-corrected chi connectivity index (χ0v) is 15.7. The van der Waals surface area contributed by atoms with Crippen molar-refractivity contribution in [3.63, 3.8) is 0 Å². The normalized spacial score (nSPS) is 11.2. The molecule has 0 radical (unpaired) electrons. The zero-order chi connectivity index (χ0) is 20.0. The van der Waals surface area contributed by atoms with Gasteiger partial charge in [0.05, 0.1) is 17.2 Å². The van der Waals surface area contributed by atoms with Crippen molar-refractivity contribution in [2.45, 2.75) is 6.92 Å². The second-order valence-electron chi connectivity index (χ2n) is 6.74. The number of hydrogen-bond acceptors (Lipinski definition) is 7. The molecule has 0 unspecified atom stereocenters. The first-order valence-corrected chi connectivity index (χ1v) is 8.97. The van der Waals surface area contributed by atoms with Crippen molar-refractivity contribution in [3.05, 3.63) is 64.9 Å². The molecule has 0 aliphatic carbocycles. The lowest BCUT2D eigenvalue weighted by Gasteiger charge is -2.11. The monoisotopic (exact) mass is 387 g/mol. The third-order valence-electron chi connectivity index (χ3n) is 4.66. The molecular formula is C20H17N7O2. The molecule has 0 amide bonds. The van der Waals surface area contributed by atoms with Crippen molar-refractivity contribution in [1.82, 2.24) is 24.7 Å². The highest BCUT2D eigenvalue weighted by molar-refractivity contribution is 5.83. The molecule has 0 aliphatic heterocycles. The van der Waals surface area contributed by atoms with Gasteiger partial charge in [-0.2, -0.15) is 10.1 Å². The number of nitrogens with one attached hydrogen (secondary N) is 3. The van der Waals surface area contributed by atoms with Gasteiger partial charge < -0.3 is 15.1 Å². The molecule has 0 aliphatic rings. The summed E-state index contributed by atoms with van der Waals surface area (Å²) in [5, 5.41) is 11.8. The summed E-state index contributed by atoms with van der Waals surface area (Å²) < 4.78 is 6.86. The Morgan fingerprint density at radius 2 is 1.90 bits per heavy atom. The van der Waals surface area contributed by atoms with Crippen molar-refractivity contribution in [3.8, 4) is 0 Å². The maximum Gasteiger partial charge on any atom is 0.417 e. The maximum atomic E-state index is 11.3. The van der Waals surface area contributed by atoms with Gasteiger partial charge in [0.1, 0.15) is 5.82 Å². The average molecular weight is 387 g/mol. The Hall–Kier alpha value is -4.14. The van der Waals surface area contributed by atoms with E-state index in [0.717, 1.165) is 27.8 Å². The molecule has 0 saturated heterocycles. The maximum absolute atomic E-state index is 11.3. The molecule has 9 nitrogen and oxygen atoms in total. The Labute approximate surface area is 164 Å². The van der Waals surface area contributed by atoms with Gasteiger partial charge in [0, 0.05) is 35.6 Å².